The molecule has 0 radical (unpaired) electrons. The monoisotopic (exact) mass is 280 g/mol. The summed E-state index contributed by atoms with van der Waals surface area (Å²) in [5, 5.41) is 8.82. The van der Waals surface area contributed by atoms with Gasteiger partial charge in [-0.3, -0.25) is 4.99 Å². The quantitative estimate of drug-likeness (QED) is 0.669. The maximum atomic E-state index is 8.82. The van der Waals surface area contributed by atoms with E-state index >= 15 is 0 Å². The van der Waals surface area contributed by atoms with E-state index in [1.807, 2.05) is 30.3 Å². The SMILES string of the molecule is COc1ccccc1CCN=C(N)c1ccnc(C#N)c1. The second kappa shape index (κ2) is 7.06. The van der Waals surface area contributed by atoms with Crippen LogP contribution in [0.3, 0.4) is 0 Å². The van der Waals surface area contributed by atoms with Crippen LogP contribution in [-0.4, -0.2) is 24.5 Å². The van der Waals surface area contributed by atoms with Crippen molar-refractivity contribution in [2.24, 2.45) is 10.7 Å². The molecule has 0 aliphatic rings. The molecule has 0 atom stereocenters. The van der Waals surface area contributed by atoms with Crippen LogP contribution in [-0.2, 0) is 6.42 Å². The van der Waals surface area contributed by atoms with E-state index in [2.05, 4.69) is 9.98 Å². The summed E-state index contributed by atoms with van der Waals surface area (Å²) in [6.07, 6.45) is 2.29. The molecular formula is C16H16N4O. The molecule has 1 aromatic carbocycles. The van der Waals surface area contributed by atoms with Crippen LogP contribution < -0.4 is 10.5 Å². The van der Waals surface area contributed by atoms with Crippen LogP contribution in [0, 0.1) is 11.3 Å². The molecule has 0 amide bonds. The van der Waals surface area contributed by atoms with E-state index in [0.29, 0.717) is 23.6 Å². The van der Waals surface area contributed by atoms with Crippen LogP contribution in [0.15, 0.2) is 47.6 Å². The number of nitriles is 1. The average Bonchev–Trinajstić information content (AvgIpc) is 2.55. The molecule has 0 saturated carbocycles. The minimum Gasteiger partial charge on any atom is -0.496 e. The molecule has 2 rings (SSSR count). The Bertz CT molecular complexity index is 689. The van der Waals surface area contributed by atoms with Crippen molar-refractivity contribution in [1.82, 2.24) is 4.98 Å². The van der Waals surface area contributed by atoms with Crippen LogP contribution in [0.1, 0.15) is 16.8 Å². The van der Waals surface area contributed by atoms with Gasteiger partial charge in [0.05, 0.1) is 7.11 Å². The van der Waals surface area contributed by atoms with Gasteiger partial charge in [-0.2, -0.15) is 5.26 Å². The number of amidine groups is 1. The summed E-state index contributed by atoms with van der Waals surface area (Å²) >= 11 is 0. The summed E-state index contributed by atoms with van der Waals surface area (Å²) in [5.74, 6) is 1.26. The molecule has 0 aliphatic carbocycles. The van der Waals surface area contributed by atoms with Gasteiger partial charge in [-0.15, -0.1) is 0 Å². The van der Waals surface area contributed by atoms with E-state index in [9.17, 15) is 0 Å². The van der Waals surface area contributed by atoms with Crippen molar-refractivity contribution in [3.05, 3.63) is 59.4 Å². The Morgan fingerprint density at radius 2 is 2.19 bits per heavy atom. The Morgan fingerprint density at radius 1 is 1.38 bits per heavy atom. The highest BCUT2D eigenvalue weighted by molar-refractivity contribution is 5.97. The number of nitrogens with two attached hydrogens (primary N) is 1. The van der Waals surface area contributed by atoms with E-state index in [-0.39, 0.29) is 0 Å². The molecule has 0 unspecified atom stereocenters. The van der Waals surface area contributed by atoms with Crippen LogP contribution in [0.5, 0.6) is 5.75 Å². The number of para-hydroxylation sites is 1. The molecule has 5 heteroatoms. The Labute approximate surface area is 123 Å². The van der Waals surface area contributed by atoms with Crippen molar-refractivity contribution < 1.29 is 4.74 Å². The molecule has 0 spiro atoms. The highest BCUT2D eigenvalue weighted by Crippen LogP contribution is 2.17. The number of pyridine rings is 1. The van der Waals surface area contributed by atoms with Gasteiger partial charge in [-0.1, -0.05) is 18.2 Å². The molecule has 5 nitrogen and oxygen atoms in total. The third-order valence-electron chi connectivity index (χ3n) is 3.03. The highest BCUT2D eigenvalue weighted by Gasteiger charge is 2.03. The van der Waals surface area contributed by atoms with Crippen molar-refractivity contribution in [1.29, 1.82) is 5.26 Å². The summed E-state index contributed by atoms with van der Waals surface area (Å²) < 4.78 is 5.29. The number of benzene rings is 1. The summed E-state index contributed by atoms with van der Waals surface area (Å²) in [6.45, 7) is 0.552. The average molecular weight is 280 g/mol. The third kappa shape index (κ3) is 3.80. The second-order valence-corrected chi connectivity index (χ2v) is 4.37. The van der Waals surface area contributed by atoms with Crippen molar-refractivity contribution >= 4 is 5.84 Å². The molecule has 2 N–H and O–H groups in total. The number of hydrogen-bond donors (Lipinski definition) is 1. The van der Waals surface area contributed by atoms with Gasteiger partial charge in [0.15, 0.2) is 0 Å². The Kier molecular flexibility index (Phi) is 4.89. The van der Waals surface area contributed by atoms with E-state index < -0.39 is 0 Å². The van der Waals surface area contributed by atoms with Gasteiger partial charge in [-0.25, -0.2) is 4.98 Å². The summed E-state index contributed by atoms with van der Waals surface area (Å²) in [5.41, 5.74) is 8.06. The molecule has 0 bridgehead atoms. The molecule has 2 aromatic rings. The topological polar surface area (TPSA) is 84.3 Å². The van der Waals surface area contributed by atoms with Gasteiger partial charge in [0, 0.05) is 18.3 Å². The third-order valence-corrected chi connectivity index (χ3v) is 3.03. The van der Waals surface area contributed by atoms with Gasteiger partial charge in [-0.05, 0) is 30.2 Å². The zero-order valence-electron chi connectivity index (χ0n) is 11.8. The molecule has 0 saturated heterocycles. The number of methoxy groups -OCH3 is 1. The van der Waals surface area contributed by atoms with Crippen molar-refractivity contribution in [2.75, 3.05) is 13.7 Å². The number of rotatable bonds is 5. The highest BCUT2D eigenvalue weighted by atomic mass is 16.5. The van der Waals surface area contributed by atoms with Crippen LogP contribution in [0.2, 0.25) is 0 Å². The zero-order chi connectivity index (χ0) is 15.1. The van der Waals surface area contributed by atoms with Gasteiger partial charge < -0.3 is 10.5 Å². The summed E-state index contributed by atoms with van der Waals surface area (Å²) in [4.78, 5) is 8.24. The van der Waals surface area contributed by atoms with Crippen LogP contribution in [0.25, 0.3) is 0 Å². The van der Waals surface area contributed by atoms with Gasteiger partial charge in [0.2, 0.25) is 0 Å². The Balaban J connectivity index is 2.05. The zero-order valence-corrected chi connectivity index (χ0v) is 11.8. The number of aromatic nitrogens is 1. The van der Waals surface area contributed by atoms with E-state index in [4.69, 9.17) is 15.7 Å². The lowest BCUT2D eigenvalue weighted by molar-refractivity contribution is 0.410. The van der Waals surface area contributed by atoms with Crippen molar-refractivity contribution in [3.63, 3.8) is 0 Å². The smallest absolute Gasteiger partial charge is 0.141 e. The number of aliphatic imine (C=N–C) groups is 1. The minimum atomic E-state index is 0.329. The number of nitrogens with zero attached hydrogens (tertiary/aromatic N) is 3. The molecule has 0 fully saturated rings. The molecule has 0 aliphatic heterocycles. The first-order valence-electron chi connectivity index (χ1n) is 6.53. The van der Waals surface area contributed by atoms with Crippen LogP contribution in [0.4, 0.5) is 0 Å². The van der Waals surface area contributed by atoms with Gasteiger partial charge >= 0.3 is 0 Å². The fraction of sp³-hybridized carbons (Fsp3) is 0.188. The summed E-state index contributed by atoms with van der Waals surface area (Å²) in [7, 11) is 1.65. The lowest BCUT2D eigenvalue weighted by Gasteiger charge is -2.07. The first kappa shape index (κ1) is 14.5. The first-order valence-corrected chi connectivity index (χ1v) is 6.53. The minimum absolute atomic E-state index is 0.329. The normalized spacial score (nSPS) is 11.0. The maximum Gasteiger partial charge on any atom is 0.141 e. The molecular weight excluding hydrogens is 264 g/mol. The van der Waals surface area contributed by atoms with E-state index in [1.165, 1.54) is 0 Å². The lowest BCUT2D eigenvalue weighted by Crippen LogP contribution is -2.15. The molecule has 106 valence electrons. The molecule has 1 aromatic heterocycles. The Hall–Kier alpha value is -2.87. The number of hydrogen-bond acceptors (Lipinski definition) is 4. The first-order chi connectivity index (χ1) is 10.2. The van der Waals surface area contributed by atoms with E-state index in [1.54, 1.807) is 25.4 Å². The largest absolute Gasteiger partial charge is 0.496 e. The van der Waals surface area contributed by atoms with Gasteiger partial charge in [0.25, 0.3) is 0 Å². The fourth-order valence-corrected chi connectivity index (χ4v) is 1.95. The second-order valence-electron chi connectivity index (χ2n) is 4.37. The standard InChI is InChI=1S/C16H16N4O/c1-21-15-5-3-2-4-12(15)6-9-20-16(18)13-7-8-19-14(10-13)11-17/h2-5,7-8,10H,6,9H2,1H3,(H2,18,20). The summed E-state index contributed by atoms with van der Waals surface area (Å²) in [6, 6.07) is 13.2. The number of ether oxygens (including phenoxy) is 1. The predicted octanol–water partition coefficient (Wildman–Crippen LogP) is 1.91. The lowest BCUT2D eigenvalue weighted by atomic mass is 10.1. The molecule has 1 heterocycles. The Morgan fingerprint density at radius 3 is 2.95 bits per heavy atom. The molecule has 21 heavy (non-hydrogen) atoms. The van der Waals surface area contributed by atoms with Gasteiger partial charge in [0.1, 0.15) is 23.3 Å². The fourth-order valence-electron chi connectivity index (χ4n) is 1.95. The van der Waals surface area contributed by atoms with Crippen molar-refractivity contribution in [3.8, 4) is 11.8 Å². The maximum absolute atomic E-state index is 8.82. The van der Waals surface area contributed by atoms with Crippen molar-refractivity contribution in [2.45, 2.75) is 6.42 Å². The van der Waals surface area contributed by atoms with E-state index in [0.717, 1.165) is 17.7 Å². The van der Waals surface area contributed by atoms with Crippen LogP contribution >= 0.6 is 0 Å². The predicted molar refractivity (Wildman–Crippen MR) is 81.2 cm³/mol.